The van der Waals surface area contributed by atoms with Gasteiger partial charge < -0.3 is 19.8 Å². The van der Waals surface area contributed by atoms with E-state index < -0.39 is 16.8 Å². The minimum atomic E-state index is -0.488. The molecule has 2 aromatic carbocycles. The van der Waals surface area contributed by atoms with Crippen LogP contribution in [0.1, 0.15) is 39.0 Å². The Labute approximate surface area is 178 Å². The second-order valence-electron chi connectivity index (χ2n) is 6.68. The van der Waals surface area contributed by atoms with E-state index in [4.69, 9.17) is 9.47 Å². The highest BCUT2D eigenvalue weighted by Crippen LogP contribution is 2.26. The van der Waals surface area contributed by atoms with Crippen molar-refractivity contribution < 1.29 is 24.0 Å². The second-order valence-corrected chi connectivity index (χ2v) is 6.68. The molecule has 2 N–H and O–H groups in total. The number of amides is 1. The number of carbonyl (C=O) groups excluding carboxylic acids is 2. The summed E-state index contributed by atoms with van der Waals surface area (Å²) in [5.74, 6) is -0.0304. The van der Waals surface area contributed by atoms with Crippen molar-refractivity contribution in [3.05, 3.63) is 81.2 Å². The number of carbonyl (C=O) groups is 2. The van der Waals surface area contributed by atoms with Crippen LogP contribution in [0.4, 0.5) is 11.4 Å². The monoisotopic (exact) mass is 423 g/mol. The van der Waals surface area contributed by atoms with Crippen LogP contribution in [0.3, 0.4) is 0 Å². The maximum atomic E-state index is 12.8. The summed E-state index contributed by atoms with van der Waals surface area (Å²) in [6.07, 6.45) is 0. The lowest BCUT2D eigenvalue weighted by Gasteiger charge is -2.09. The lowest BCUT2D eigenvalue weighted by molar-refractivity contribution is -0.384. The molecular weight excluding hydrogens is 402 g/mol. The first-order valence-electron chi connectivity index (χ1n) is 9.50. The number of nitrogens with one attached hydrogen (secondary N) is 2. The molecule has 160 valence electrons. The van der Waals surface area contributed by atoms with Crippen LogP contribution >= 0.6 is 0 Å². The highest BCUT2D eigenvalue weighted by Gasteiger charge is 2.23. The molecule has 1 aromatic heterocycles. The third-order valence-corrected chi connectivity index (χ3v) is 4.52. The van der Waals surface area contributed by atoms with E-state index in [0.717, 1.165) is 0 Å². The highest BCUT2D eigenvalue weighted by molar-refractivity contribution is 6.06. The summed E-state index contributed by atoms with van der Waals surface area (Å²) in [6.45, 7) is 5.34. The summed E-state index contributed by atoms with van der Waals surface area (Å²) in [5, 5.41) is 13.5. The molecule has 0 fully saturated rings. The fourth-order valence-electron chi connectivity index (χ4n) is 3.09. The molecule has 3 rings (SSSR count). The van der Waals surface area contributed by atoms with Crippen molar-refractivity contribution in [2.75, 3.05) is 11.9 Å². The lowest BCUT2D eigenvalue weighted by atomic mass is 10.1. The molecule has 0 aliphatic carbocycles. The summed E-state index contributed by atoms with van der Waals surface area (Å²) in [4.78, 5) is 38.1. The number of nitrogens with zero attached hydrogens (tertiary/aromatic N) is 1. The number of benzene rings is 2. The Hall–Kier alpha value is -4.14. The molecule has 0 bridgehead atoms. The van der Waals surface area contributed by atoms with Gasteiger partial charge in [-0.1, -0.05) is 6.07 Å². The Morgan fingerprint density at radius 2 is 1.81 bits per heavy atom. The molecule has 0 aliphatic rings. The number of anilines is 1. The largest absolute Gasteiger partial charge is 0.462 e. The Balaban J connectivity index is 1.75. The number of aromatic nitrogens is 1. The number of nitro benzene ring substituents is 1. The van der Waals surface area contributed by atoms with Crippen molar-refractivity contribution in [1.82, 2.24) is 4.98 Å². The topological polar surface area (TPSA) is 124 Å². The molecule has 0 saturated heterocycles. The number of hydrogen-bond acceptors (Lipinski definition) is 6. The molecule has 0 atom stereocenters. The third kappa shape index (κ3) is 4.89. The SMILES string of the molecule is CCOC(=O)c1c(C)[nH]c(C(=O)Nc2cccc(Oc3ccc([N+](=O)[O-])cc3)c2)c1C. The molecule has 0 unspecified atom stereocenters. The van der Waals surface area contributed by atoms with Crippen LogP contribution in [0.25, 0.3) is 0 Å². The average Bonchev–Trinajstić information content (AvgIpc) is 3.03. The molecule has 0 radical (unpaired) electrons. The Bertz CT molecular complexity index is 1130. The van der Waals surface area contributed by atoms with E-state index in [0.29, 0.717) is 34.0 Å². The fraction of sp³-hybridized carbons (Fsp3) is 0.182. The van der Waals surface area contributed by atoms with E-state index in [-0.39, 0.29) is 18.0 Å². The maximum Gasteiger partial charge on any atom is 0.340 e. The van der Waals surface area contributed by atoms with Crippen molar-refractivity contribution in [3.8, 4) is 11.5 Å². The van der Waals surface area contributed by atoms with Crippen LogP contribution in [-0.4, -0.2) is 28.4 Å². The molecule has 0 saturated carbocycles. The first kappa shape index (κ1) is 21.6. The van der Waals surface area contributed by atoms with E-state index in [1.54, 1.807) is 45.0 Å². The number of non-ortho nitro benzene ring substituents is 1. The van der Waals surface area contributed by atoms with E-state index in [1.165, 1.54) is 24.3 Å². The molecular formula is C22H21N3O6. The highest BCUT2D eigenvalue weighted by atomic mass is 16.6. The van der Waals surface area contributed by atoms with E-state index in [1.807, 2.05) is 0 Å². The number of ether oxygens (including phenoxy) is 2. The average molecular weight is 423 g/mol. The van der Waals surface area contributed by atoms with Gasteiger partial charge in [-0.05, 0) is 50.6 Å². The Morgan fingerprint density at radius 3 is 2.45 bits per heavy atom. The van der Waals surface area contributed by atoms with Crippen molar-refractivity contribution in [3.63, 3.8) is 0 Å². The van der Waals surface area contributed by atoms with Crippen LogP contribution in [-0.2, 0) is 4.74 Å². The summed E-state index contributed by atoms with van der Waals surface area (Å²) < 4.78 is 10.8. The molecule has 3 aromatic rings. The molecule has 9 heteroatoms. The predicted molar refractivity (Wildman–Crippen MR) is 114 cm³/mol. The third-order valence-electron chi connectivity index (χ3n) is 4.52. The van der Waals surface area contributed by atoms with Crippen LogP contribution < -0.4 is 10.1 Å². The Kier molecular flexibility index (Phi) is 6.35. The van der Waals surface area contributed by atoms with Gasteiger partial charge in [0.1, 0.15) is 17.2 Å². The van der Waals surface area contributed by atoms with Gasteiger partial charge in [-0.2, -0.15) is 0 Å². The zero-order chi connectivity index (χ0) is 22.5. The van der Waals surface area contributed by atoms with Gasteiger partial charge in [-0.15, -0.1) is 0 Å². The molecule has 0 spiro atoms. The first-order valence-corrected chi connectivity index (χ1v) is 9.50. The normalized spacial score (nSPS) is 10.4. The zero-order valence-electron chi connectivity index (χ0n) is 17.2. The van der Waals surface area contributed by atoms with Gasteiger partial charge in [0.15, 0.2) is 0 Å². The van der Waals surface area contributed by atoms with Gasteiger partial charge in [0.2, 0.25) is 0 Å². The number of aromatic amines is 1. The Morgan fingerprint density at radius 1 is 1.10 bits per heavy atom. The van der Waals surface area contributed by atoms with Crippen LogP contribution in [0.5, 0.6) is 11.5 Å². The number of esters is 1. The van der Waals surface area contributed by atoms with Crippen molar-refractivity contribution in [2.45, 2.75) is 20.8 Å². The fourth-order valence-corrected chi connectivity index (χ4v) is 3.09. The predicted octanol–water partition coefficient (Wildman–Crippen LogP) is 4.76. The zero-order valence-corrected chi connectivity index (χ0v) is 17.2. The molecule has 1 amide bonds. The first-order chi connectivity index (χ1) is 14.8. The number of rotatable bonds is 7. The van der Waals surface area contributed by atoms with Crippen molar-refractivity contribution in [2.24, 2.45) is 0 Å². The molecule has 1 heterocycles. The van der Waals surface area contributed by atoms with Gasteiger partial charge >= 0.3 is 5.97 Å². The molecule has 9 nitrogen and oxygen atoms in total. The van der Waals surface area contributed by atoms with Crippen LogP contribution in [0.15, 0.2) is 48.5 Å². The molecule has 31 heavy (non-hydrogen) atoms. The van der Waals surface area contributed by atoms with Crippen LogP contribution in [0, 0.1) is 24.0 Å². The minimum Gasteiger partial charge on any atom is -0.462 e. The van der Waals surface area contributed by atoms with E-state index >= 15 is 0 Å². The molecule has 0 aliphatic heterocycles. The summed E-state index contributed by atoms with van der Waals surface area (Å²) in [5.41, 5.74) is 2.12. The second kappa shape index (κ2) is 9.12. The van der Waals surface area contributed by atoms with Gasteiger partial charge in [-0.25, -0.2) is 4.79 Å². The lowest BCUT2D eigenvalue weighted by Crippen LogP contribution is -2.14. The van der Waals surface area contributed by atoms with E-state index in [2.05, 4.69) is 10.3 Å². The summed E-state index contributed by atoms with van der Waals surface area (Å²) in [6, 6.07) is 12.4. The number of nitro groups is 1. The van der Waals surface area contributed by atoms with Crippen LogP contribution in [0.2, 0.25) is 0 Å². The minimum absolute atomic E-state index is 0.0350. The van der Waals surface area contributed by atoms with Gasteiger partial charge in [0.05, 0.1) is 17.1 Å². The quantitative estimate of drug-likeness (QED) is 0.321. The smallest absolute Gasteiger partial charge is 0.340 e. The van der Waals surface area contributed by atoms with Gasteiger partial charge in [0, 0.05) is 29.6 Å². The van der Waals surface area contributed by atoms with Crippen molar-refractivity contribution >= 4 is 23.3 Å². The number of H-pyrrole nitrogens is 1. The van der Waals surface area contributed by atoms with E-state index in [9.17, 15) is 19.7 Å². The van der Waals surface area contributed by atoms with Gasteiger partial charge in [-0.3, -0.25) is 14.9 Å². The summed E-state index contributed by atoms with van der Waals surface area (Å²) >= 11 is 0. The van der Waals surface area contributed by atoms with Crippen molar-refractivity contribution in [1.29, 1.82) is 0 Å². The number of hydrogen-bond donors (Lipinski definition) is 2. The standard InChI is InChI=1S/C22H21N3O6/c1-4-30-22(27)19-13(2)20(23-14(19)3)21(26)24-15-6-5-7-18(12-15)31-17-10-8-16(9-11-17)25(28)29/h5-12,23H,4H2,1-3H3,(H,24,26). The van der Waals surface area contributed by atoms with Gasteiger partial charge in [0.25, 0.3) is 11.6 Å². The maximum absolute atomic E-state index is 12.8. The number of aryl methyl sites for hydroxylation is 1. The summed E-state index contributed by atoms with van der Waals surface area (Å²) in [7, 11) is 0.